The molecule has 11 heavy (non-hydrogen) atoms. The van der Waals surface area contributed by atoms with Crippen LogP contribution < -0.4 is 0 Å². The van der Waals surface area contributed by atoms with Gasteiger partial charge in [-0.15, -0.1) is 0 Å². The van der Waals surface area contributed by atoms with E-state index < -0.39 is 0 Å². The van der Waals surface area contributed by atoms with Crippen molar-refractivity contribution in [3.8, 4) is 0 Å². The predicted molar refractivity (Wildman–Crippen MR) is 45.7 cm³/mol. The van der Waals surface area contributed by atoms with E-state index in [0.29, 0.717) is 0 Å². The molecule has 1 aromatic carbocycles. The molecular weight excluding hydrogens is 160 g/mol. The Morgan fingerprint density at radius 1 is 1.36 bits per heavy atom. The molecule has 1 aromatic rings. The largest absolute Gasteiger partial charge is 0.281 e. The van der Waals surface area contributed by atoms with E-state index in [1.165, 1.54) is 0 Å². The third-order valence-corrected chi connectivity index (χ3v) is 1.97. The van der Waals surface area contributed by atoms with Crippen molar-refractivity contribution >= 4 is 16.8 Å². The van der Waals surface area contributed by atoms with E-state index in [1.54, 1.807) is 6.92 Å². The van der Waals surface area contributed by atoms with Gasteiger partial charge in [-0.1, -0.05) is 37.3 Å². The summed E-state index contributed by atoms with van der Waals surface area (Å²) >= 11 is 5.32. The first-order valence-electron chi connectivity index (χ1n) is 3.46. The maximum Gasteiger partial charge on any atom is 0.228 e. The molecular formula is C9H9ClO. The van der Waals surface area contributed by atoms with Gasteiger partial charge in [-0.25, -0.2) is 0 Å². The molecule has 0 saturated carbocycles. The summed E-state index contributed by atoms with van der Waals surface area (Å²) in [5, 5.41) is -0.309. The molecule has 0 bridgehead atoms. The molecule has 2 heteroatoms. The highest BCUT2D eigenvalue weighted by Crippen LogP contribution is 2.16. The van der Waals surface area contributed by atoms with Crippen LogP contribution in [0.25, 0.3) is 0 Å². The van der Waals surface area contributed by atoms with Crippen LogP contribution in [0, 0.1) is 0 Å². The molecule has 1 rings (SSSR count). The summed E-state index contributed by atoms with van der Waals surface area (Å²) in [5.74, 6) is -0.196. The third-order valence-electron chi connectivity index (χ3n) is 1.64. The summed E-state index contributed by atoms with van der Waals surface area (Å²) in [6.07, 6.45) is 0. The molecule has 0 saturated heterocycles. The van der Waals surface area contributed by atoms with Crippen molar-refractivity contribution in [3.63, 3.8) is 0 Å². The second-order valence-electron chi connectivity index (χ2n) is 2.44. The van der Waals surface area contributed by atoms with E-state index >= 15 is 0 Å². The van der Waals surface area contributed by atoms with Gasteiger partial charge >= 0.3 is 0 Å². The van der Waals surface area contributed by atoms with E-state index in [0.717, 1.165) is 5.56 Å². The van der Waals surface area contributed by atoms with Crippen LogP contribution in [-0.4, -0.2) is 5.24 Å². The zero-order valence-electron chi connectivity index (χ0n) is 6.25. The zero-order chi connectivity index (χ0) is 8.27. The van der Waals surface area contributed by atoms with Crippen molar-refractivity contribution in [3.05, 3.63) is 35.9 Å². The minimum absolute atomic E-state index is 0.196. The van der Waals surface area contributed by atoms with E-state index in [4.69, 9.17) is 11.6 Å². The fourth-order valence-electron chi connectivity index (χ4n) is 0.873. The summed E-state index contributed by atoms with van der Waals surface area (Å²) in [6, 6.07) is 9.49. The van der Waals surface area contributed by atoms with Crippen molar-refractivity contribution in [1.82, 2.24) is 0 Å². The third kappa shape index (κ3) is 2.05. The highest BCUT2D eigenvalue weighted by molar-refractivity contribution is 6.64. The summed E-state index contributed by atoms with van der Waals surface area (Å²) < 4.78 is 0. The number of carbonyl (C=O) groups is 1. The van der Waals surface area contributed by atoms with Crippen LogP contribution in [0.1, 0.15) is 18.4 Å². The topological polar surface area (TPSA) is 17.1 Å². The quantitative estimate of drug-likeness (QED) is 0.621. The molecule has 1 unspecified atom stereocenters. The minimum atomic E-state index is -0.309. The first-order chi connectivity index (χ1) is 5.22. The van der Waals surface area contributed by atoms with Crippen LogP contribution >= 0.6 is 11.6 Å². The van der Waals surface area contributed by atoms with Crippen LogP contribution in [0.5, 0.6) is 0 Å². The van der Waals surface area contributed by atoms with Crippen molar-refractivity contribution < 1.29 is 4.79 Å². The fraction of sp³-hybridized carbons (Fsp3) is 0.222. The number of hydrogen-bond donors (Lipinski definition) is 0. The highest BCUT2D eigenvalue weighted by atomic mass is 35.5. The molecule has 0 aromatic heterocycles. The maximum absolute atomic E-state index is 10.7. The average Bonchev–Trinajstić information content (AvgIpc) is 2.05. The van der Waals surface area contributed by atoms with Crippen LogP contribution in [0.2, 0.25) is 0 Å². The zero-order valence-corrected chi connectivity index (χ0v) is 7.01. The number of carbonyl (C=O) groups excluding carboxylic acids is 1. The van der Waals surface area contributed by atoms with Gasteiger partial charge < -0.3 is 0 Å². The average molecular weight is 169 g/mol. The molecule has 0 N–H and O–H groups in total. The second-order valence-corrected chi connectivity index (χ2v) is 2.81. The number of halogens is 1. The minimum Gasteiger partial charge on any atom is -0.281 e. The van der Waals surface area contributed by atoms with E-state index in [2.05, 4.69) is 0 Å². The van der Waals surface area contributed by atoms with Crippen LogP contribution in [0.4, 0.5) is 0 Å². The van der Waals surface area contributed by atoms with Crippen molar-refractivity contribution in [2.45, 2.75) is 12.8 Å². The fourth-order valence-corrected chi connectivity index (χ4v) is 0.999. The van der Waals surface area contributed by atoms with Gasteiger partial charge in [0.25, 0.3) is 0 Å². The maximum atomic E-state index is 10.7. The first-order valence-corrected chi connectivity index (χ1v) is 3.84. The van der Waals surface area contributed by atoms with Gasteiger partial charge in [0.1, 0.15) is 0 Å². The standard InChI is InChI=1S/C9H9ClO/c1-7(9(10)11)8-5-3-2-4-6-8/h2-7H,1H3. The number of benzene rings is 1. The molecule has 1 atom stereocenters. The Morgan fingerprint density at radius 2 is 1.91 bits per heavy atom. The van der Waals surface area contributed by atoms with Crippen molar-refractivity contribution in [2.75, 3.05) is 0 Å². The van der Waals surface area contributed by atoms with E-state index in [9.17, 15) is 4.79 Å². The Hall–Kier alpha value is -0.820. The lowest BCUT2D eigenvalue weighted by Gasteiger charge is -2.04. The Labute approximate surface area is 71.0 Å². The van der Waals surface area contributed by atoms with Crippen LogP contribution in [-0.2, 0) is 4.79 Å². The van der Waals surface area contributed by atoms with Crippen molar-refractivity contribution in [1.29, 1.82) is 0 Å². The van der Waals surface area contributed by atoms with Gasteiger partial charge in [0, 0.05) is 0 Å². The smallest absolute Gasteiger partial charge is 0.228 e. The Kier molecular flexibility index (Phi) is 2.66. The molecule has 1 nitrogen and oxygen atoms in total. The Morgan fingerprint density at radius 3 is 2.36 bits per heavy atom. The molecule has 0 fully saturated rings. The summed E-state index contributed by atoms with van der Waals surface area (Å²) in [7, 11) is 0. The number of hydrogen-bond acceptors (Lipinski definition) is 1. The van der Waals surface area contributed by atoms with Gasteiger partial charge in [0.2, 0.25) is 5.24 Å². The highest BCUT2D eigenvalue weighted by Gasteiger charge is 2.10. The molecule has 0 amide bonds. The van der Waals surface area contributed by atoms with Crippen LogP contribution in [0.15, 0.2) is 30.3 Å². The van der Waals surface area contributed by atoms with Gasteiger partial charge in [-0.2, -0.15) is 0 Å². The van der Waals surface area contributed by atoms with E-state index in [1.807, 2.05) is 30.3 Å². The summed E-state index contributed by atoms with van der Waals surface area (Å²) in [4.78, 5) is 10.7. The lowest BCUT2D eigenvalue weighted by Crippen LogP contribution is -2.00. The van der Waals surface area contributed by atoms with Crippen molar-refractivity contribution in [2.24, 2.45) is 0 Å². The molecule has 0 aliphatic heterocycles. The van der Waals surface area contributed by atoms with E-state index in [-0.39, 0.29) is 11.2 Å². The molecule has 0 aliphatic rings. The molecule has 0 radical (unpaired) electrons. The van der Waals surface area contributed by atoms with Crippen LogP contribution in [0.3, 0.4) is 0 Å². The first kappa shape index (κ1) is 8.28. The van der Waals surface area contributed by atoms with Gasteiger partial charge in [0.15, 0.2) is 0 Å². The number of rotatable bonds is 2. The summed E-state index contributed by atoms with van der Waals surface area (Å²) in [6.45, 7) is 1.80. The summed E-state index contributed by atoms with van der Waals surface area (Å²) in [5.41, 5.74) is 0.965. The monoisotopic (exact) mass is 168 g/mol. The van der Waals surface area contributed by atoms with Gasteiger partial charge in [-0.3, -0.25) is 4.79 Å². The predicted octanol–water partition coefficient (Wildman–Crippen LogP) is 2.56. The Balaban J connectivity index is 2.85. The van der Waals surface area contributed by atoms with Gasteiger partial charge in [-0.05, 0) is 17.2 Å². The Bertz CT molecular complexity index is 243. The molecule has 0 aliphatic carbocycles. The van der Waals surface area contributed by atoms with Gasteiger partial charge in [0.05, 0.1) is 5.92 Å². The lowest BCUT2D eigenvalue weighted by atomic mass is 10.0. The molecule has 0 spiro atoms. The molecule has 58 valence electrons. The second kappa shape index (κ2) is 3.54. The lowest BCUT2D eigenvalue weighted by molar-refractivity contribution is -0.112. The molecule has 0 heterocycles. The normalized spacial score (nSPS) is 12.5. The SMILES string of the molecule is CC(C(=O)Cl)c1ccccc1.